The number of nitrogens with zero attached hydrogens (tertiary/aromatic N) is 3. The standard InChI is InChI=1S/C23H25N3/c1-5-20-8-7-9-22(26-20)17(4)21(15-24-6-2)18-10-11-23-19(13-18)12-16(3)14-25-23/h7-15H,5-6H2,1-4H3/b21-17-,24-15-. The molecule has 3 heteroatoms. The predicted octanol–water partition coefficient (Wildman–Crippen LogP) is 5.52. The molecule has 0 saturated carbocycles. The van der Waals surface area contributed by atoms with Crippen LogP contribution in [0.4, 0.5) is 0 Å². The molecule has 0 N–H and O–H groups in total. The van der Waals surface area contributed by atoms with Crippen molar-refractivity contribution in [2.75, 3.05) is 6.54 Å². The van der Waals surface area contributed by atoms with Crippen LogP contribution in [0.15, 0.2) is 53.7 Å². The van der Waals surface area contributed by atoms with Gasteiger partial charge < -0.3 is 0 Å². The first kappa shape index (κ1) is 18.0. The molecule has 2 heterocycles. The lowest BCUT2D eigenvalue weighted by Gasteiger charge is -2.11. The van der Waals surface area contributed by atoms with Crippen LogP contribution in [0.2, 0.25) is 0 Å². The fraction of sp³-hybridized carbons (Fsp3) is 0.261. The Morgan fingerprint density at radius 2 is 1.96 bits per heavy atom. The van der Waals surface area contributed by atoms with Crippen molar-refractivity contribution in [1.82, 2.24) is 9.97 Å². The number of rotatable bonds is 5. The minimum absolute atomic E-state index is 0.757. The van der Waals surface area contributed by atoms with Gasteiger partial charge in [-0.25, -0.2) is 0 Å². The number of allylic oxidation sites excluding steroid dienone is 2. The first-order valence-corrected chi connectivity index (χ1v) is 9.16. The second-order valence-electron chi connectivity index (χ2n) is 6.45. The van der Waals surface area contributed by atoms with Gasteiger partial charge in [0.1, 0.15) is 0 Å². The summed E-state index contributed by atoms with van der Waals surface area (Å²) in [7, 11) is 0. The van der Waals surface area contributed by atoms with Crippen molar-refractivity contribution in [2.24, 2.45) is 4.99 Å². The highest BCUT2D eigenvalue weighted by Crippen LogP contribution is 2.26. The van der Waals surface area contributed by atoms with E-state index in [2.05, 4.69) is 73.2 Å². The van der Waals surface area contributed by atoms with Crippen LogP contribution < -0.4 is 0 Å². The largest absolute Gasteiger partial charge is 0.293 e. The molecule has 0 aliphatic carbocycles. The smallest absolute Gasteiger partial charge is 0.0702 e. The van der Waals surface area contributed by atoms with Crippen molar-refractivity contribution in [3.05, 3.63) is 71.2 Å². The number of pyridine rings is 2. The van der Waals surface area contributed by atoms with Crippen molar-refractivity contribution < 1.29 is 0 Å². The molecule has 1 aromatic carbocycles. The molecule has 0 aliphatic heterocycles. The van der Waals surface area contributed by atoms with E-state index in [-0.39, 0.29) is 0 Å². The number of benzene rings is 1. The molecule has 2 aromatic heterocycles. The Morgan fingerprint density at radius 3 is 2.73 bits per heavy atom. The van der Waals surface area contributed by atoms with Crippen LogP contribution in [0, 0.1) is 6.92 Å². The Labute approximate surface area is 155 Å². The molecule has 0 spiro atoms. The van der Waals surface area contributed by atoms with E-state index in [9.17, 15) is 0 Å². The minimum atomic E-state index is 0.757. The molecule has 0 aliphatic rings. The molecule has 0 amide bonds. The van der Waals surface area contributed by atoms with Gasteiger partial charge in [0.15, 0.2) is 0 Å². The number of hydrogen-bond acceptors (Lipinski definition) is 3. The van der Waals surface area contributed by atoms with Gasteiger partial charge in [0.05, 0.1) is 11.2 Å². The SMILES string of the molecule is CC/N=C\C(=C(/C)c1cccc(CC)n1)c1ccc2ncc(C)cc2c1. The zero-order valence-corrected chi connectivity index (χ0v) is 16.0. The highest BCUT2D eigenvalue weighted by Gasteiger charge is 2.09. The molecule has 0 bridgehead atoms. The van der Waals surface area contributed by atoms with Crippen molar-refractivity contribution in [3.63, 3.8) is 0 Å². The molecule has 3 rings (SSSR count). The molecule has 0 saturated heterocycles. The van der Waals surface area contributed by atoms with E-state index in [1.54, 1.807) is 0 Å². The molecule has 0 fully saturated rings. The molecule has 3 aromatic rings. The van der Waals surface area contributed by atoms with Crippen molar-refractivity contribution in [2.45, 2.75) is 34.1 Å². The fourth-order valence-corrected chi connectivity index (χ4v) is 3.00. The summed E-state index contributed by atoms with van der Waals surface area (Å²) in [6.07, 6.45) is 4.81. The lowest BCUT2D eigenvalue weighted by Crippen LogP contribution is -1.97. The predicted molar refractivity (Wildman–Crippen MR) is 112 cm³/mol. The average molecular weight is 343 g/mol. The van der Waals surface area contributed by atoms with Gasteiger partial charge in [-0.3, -0.25) is 15.0 Å². The first-order valence-electron chi connectivity index (χ1n) is 9.16. The molecule has 26 heavy (non-hydrogen) atoms. The third-order valence-corrected chi connectivity index (χ3v) is 4.49. The van der Waals surface area contributed by atoms with Crippen LogP contribution in [0.25, 0.3) is 22.0 Å². The number of aliphatic imine (C=N–C) groups is 1. The molecular formula is C23H25N3. The highest BCUT2D eigenvalue weighted by molar-refractivity contribution is 6.19. The average Bonchev–Trinajstić information content (AvgIpc) is 2.67. The summed E-state index contributed by atoms with van der Waals surface area (Å²) in [6.45, 7) is 9.13. The quantitative estimate of drug-likeness (QED) is 0.572. The van der Waals surface area contributed by atoms with Crippen molar-refractivity contribution >= 4 is 28.3 Å². The zero-order valence-electron chi connectivity index (χ0n) is 16.0. The summed E-state index contributed by atoms with van der Waals surface area (Å²) in [5.74, 6) is 0. The lowest BCUT2D eigenvalue weighted by atomic mass is 9.97. The maximum Gasteiger partial charge on any atom is 0.0702 e. The normalized spacial score (nSPS) is 12.6. The van der Waals surface area contributed by atoms with Crippen LogP contribution in [-0.2, 0) is 6.42 Å². The summed E-state index contributed by atoms with van der Waals surface area (Å²) in [5, 5.41) is 1.15. The van der Waals surface area contributed by atoms with Crippen LogP contribution in [0.1, 0.15) is 43.3 Å². The summed E-state index contributed by atoms with van der Waals surface area (Å²) < 4.78 is 0. The Kier molecular flexibility index (Phi) is 5.57. The maximum atomic E-state index is 4.79. The van der Waals surface area contributed by atoms with E-state index in [1.165, 1.54) is 0 Å². The van der Waals surface area contributed by atoms with E-state index in [0.717, 1.165) is 57.5 Å². The van der Waals surface area contributed by atoms with Gasteiger partial charge in [-0.05, 0) is 74.2 Å². The topological polar surface area (TPSA) is 38.1 Å². The van der Waals surface area contributed by atoms with Crippen LogP contribution in [0.3, 0.4) is 0 Å². The third kappa shape index (κ3) is 3.88. The van der Waals surface area contributed by atoms with Gasteiger partial charge in [0.2, 0.25) is 0 Å². The third-order valence-electron chi connectivity index (χ3n) is 4.49. The summed E-state index contributed by atoms with van der Waals surface area (Å²) in [5.41, 5.74) is 7.67. The van der Waals surface area contributed by atoms with Crippen molar-refractivity contribution in [1.29, 1.82) is 0 Å². The van der Waals surface area contributed by atoms with Crippen LogP contribution in [0.5, 0.6) is 0 Å². The number of aryl methyl sites for hydroxylation is 2. The number of fused-ring (bicyclic) bond motifs is 1. The lowest BCUT2D eigenvalue weighted by molar-refractivity contribution is 1.02. The van der Waals surface area contributed by atoms with Gasteiger partial charge in [-0.2, -0.15) is 0 Å². The summed E-state index contributed by atoms with van der Waals surface area (Å²) >= 11 is 0. The molecule has 0 atom stereocenters. The van der Waals surface area contributed by atoms with Crippen LogP contribution >= 0.6 is 0 Å². The Bertz CT molecular complexity index is 984. The highest BCUT2D eigenvalue weighted by atomic mass is 14.7. The molecule has 132 valence electrons. The Morgan fingerprint density at radius 1 is 1.12 bits per heavy atom. The first-order chi connectivity index (χ1) is 12.6. The van der Waals surface area contributed by atoms with Gasteiger partial charge in [0, 0.05) is 35.6 Å². The van der Waals surface area contributed by atoms with Crippen molar-refractivity contribution in [3.8, 4) is 0 Å². The molecule has 0 radical (unpaired) electrons. The number of aromatic nitrogens is 2. The van der Waals surface area contributed by atoms with Gasteiger partial charge in [-0.1, -0.05) is 19.1 Å². The summed E-state index contributed by atoms with van der Waals surface area (Å²) in [4.78, 5) is 13.8. The monoisotopic (exact) mass is 343 g/mol. The van der Waals surface area contributed by atoms with Gasteiger partial charge in [0.25, 0.3) is 0 Å². The molecule has 0 unspecified atom stereocenters. The molecule has 3 nitrogen and oxygen atoms in total. The molecular weight excluding hydrogens is 318 g/mol. The second-order valence-corrected chi connectivity index (χ2v) is 6.45. The Hall–Kier alpha value is -2.81. The maximum absolute atomic E-state index is 4.79. The van der Waals surface area contributed by atoms with Gasteiger partial charge in [-0.15, -0.1) is 0 Å². The zero-order chi connectivity index (χ0) is 18.5. The van der Waals surface area contributed by atoms with E-state index in [4.69, 9.17) is 4.98 Å². The van der Waals surface area contributed by atoms with Crippen LogP contribution in [-0.4, -0.2) is 22.7 Å². The van der Waals surface area contributed by atoms with Gasteiger partial charge >= 0.3 is 0 Å². The van der Waals surface area contributed by atoms with E-state index in [1.807, 2.05) is 19.3 Å². The Balaban J connectivity index is 2.17. The minimum Gasteiger partial charge on any atom is -0.293 e. The van der Waals surface area contributed by atoms with E-state index >= 15 is 0 Å². The summed E-state index contributed by atoms with van der Waals surface area (Å²) in [6, 6.07) is 14.8. The number of hydrogen-bond donors (Lipinski definition) is 0. The fourth-order valence-electron chi connectivity index (χ4n) is 3.00. The van der Waals surface area contributed by atoms with E-state index < -0.39 is 0 Å². The van der Waals surface area contributed by atoms with E-state index in [0.29, 0.717) is 0 Å². The second kappa shape index (κ2) is 8.05.